The minimum absolute atomic E-state index is 0.0860. The summed E-state index contributed by atoms with van der Waals surface area (Å²) in [5.74, 6) is 0.776. The lowest BCUT2D eigenvalue weighted by molar-refractivity contribution is 0.0938. The molecule has 0 radical (unpaired) electrons. The number of aromatic amines is 1. The van der Waals surface area contributed by atoms with Gasteiger partial charge in [-0.05, 0) is 43.7 Å². The number of aryl methyl sites for hydroxylation is 1. The van der Waals surface area contributed by atoms with Gasteiger partial charge in [-0.1, -0.05) is 6.07 Å². The average Bonchev–Trinajstić information content (AvgIpc) is 2.53. The summed E-state index contributed by atoms with van der Waals surface area (Å²) in [6, 6.07) is 8.33. The first kappa shape index (κ1) is 16.6. The van der Waals surface area contributed by atoms with Crippen LogP contribution in [0.5, 0.6) is 11.5 Å². The number of hydrogen-bond acceptors (Lipinski definition) is 4. The van der Waals surface area contributed by atoms with Crippen LogP contribution in [0.15, 0.2) is 35.1 Å². The van der Waals surface area contributed by atoms with E-state index in [9.17, 15) is 9.59 Å². The number of rotatable bonds is 5. The highest BCUT2D eigenvalue weighted by molar-refractivity contribution is 5.94. The van der Waals surface area contributed by atoms with Crippen molar-refractivity contribution in [3.05, 3.63) is 57.5 Å². The fourth-order valence-corrected chi connectivity index (χ4v) is 2.23. The standard InChI is InChI=1S/C17H20N2O4/c1-10-5-7-13(16(20)18-10)17(21)19-11(2)12-6-8-14(22-3)15(9-12)23-4/h5-9,11H,1-4H3,(H,18,20)(H,19,21). The van der Waals surface area contributed by atoms with Gasteiger partial charge in [0.1, 0.15) is 5.56 Å². The molecule has 6 heteroatoms. The predicted molar refractivity (Wildman–Crippen MR) is 87.2 cm³/mol. The lowest BCUT2D eigenvalue weighted by Gasteiger charge is -2.16. The quantitative estimate of drug-likeness (QED) is 0.886. The van der Waals surface area contributed by atoms with Gasteiger partial charge in [-0.15, -0.1) is 0 Å². The number of benzene rings is 1. The zero-order chi connectivity index (χ0) is 17.0. The topological polar surface area (TPSA) is 80.4 Å². The van der Waals surface area contributed by atoms with Gasteiger partial charge >= 0.3 is 0 Å². The lowest BCUT2D eigenvalue weighted by atomic mass is 10.1. The smallest absolute Gasteiger partial charge is 0.260 e. The molecule has 0 saturated heterocycles. The molecular weight excluding hydrogens is 296 g/mol. The largest absolute Gasteiger partial charge is 0.493 e. The number of carbonyl (C=O) groups excluding carboxylic acids is 1. The monoisotopic (exact) mass is 316 g/mol. The molecule has 0 bridgehead atoms. The number of H-pyrrole nitrogens is 1. The fourth-order valence-electron chi connectivity index (χ4n) is 2.23. The van der Waals surface area contributed by atoms with Crippen LogP contribution in [0.25, 0.3) is 0 Å². The van der Waals surface area contributed by atoms with Crippen molar-refractivity contribution in [2.45, 2.75) is 19.9 Å². The van der Waals surface area contributed by atoms with Gasteiger partial charge in [0.2, 0.25) is 0 Å². The molecule has 2 N–H and O–H groups in total. The highest BCUT2D eigenvalue weighted by Gasteiger charge is 2.16. The Morgan fingerprint density at radius 2 is 1.83 bits per heavy atom. The summed E-state index contributed by atoms with van der Waals surface area (Å²) in [6.07, 6.45) is 0. The Kier molecular flexibility index (Phi) is 5.05. The van der Waals surface area contributed by atoms with Crippen molar-refractivity contribution >= 4 is 5.91 Å². The maximum absolute atomic E-state index is 12.3. The van der Waals surface area contributed by atoms with Crippen molar-refractivity contribution in [1.82, 2.24) is 10.3 Å². The summed E-state index contributed by atoms with van der Waals surface area (Å²) in [6.45, 7) is 3.59. The first-order valence-corrected chi connectivity index (χ1v) is 7.19. The van der Waals surface area contributed by atoms with E-state index in [0.29, 0.717) is 17.2 Å². The minimum atomic E-state index is -0.423. The van der Waals surface area contributed by atoms with E-state index in [4.69, 9.17) is 9.47 Å². The summed E-state index contributed by atoms with van der Waals surface area (Å²) in [4.78, 5) is 26.7. The first-order chi connectivity index (χ1) is 11.0. The van der Waals surface area contributed by atoms with Gasteiger partial charge in [-0.3, -0.25) is 9.59 Å². The number of hydrogen-bond donors (Lipinski definition) is 2. The van der Waals surface area contributed by atoms with Crippen LogP contribution in [0, 0.1) is 6.92 Å². The Morgan fingerprint density at radius 3 is 2.43 bits per heavy atom. The van der Waals surface area contributed by atoms with Crippen molar-refractivity contribution in [3.63, 3.8) is 0 Å². The van der Waals surface area contributed by atoms with E-state index >= 15 is 0 Å². The summed E-state index contributed by atoms with van der Waals surface area (Å²) in [5, 5.41) is 2.81. The van der Waals surface area contributed by atoms with E-state index in [0.717, 1.165) is 5.56 Å². The third-order valence-electron chi connectivity index (χ3n) is 3.56. The van der Waals surface area contributed by atoms with E-state index in [1.807, 2.05) is 13.0 Å². The molecule has 1 amide bonds. The summed E-state index contributed by atoms with van der Waals surface area (Å²) in [7, 11) is 3.11. The highest BCUT2D eigenvalue weighted by atomic mass is 16.5. The van der Waals surface area contributed by atoms with Crippen LogP contribution in [-0.2, 0) is 0 Å². The van der Waals surface area contributed by atoms with E-state index in [1.165, 1.54) is 6.07 Å². The van der Waals surface area contributed by atoms with Gasteiger partial charge in [-0.2, -0.15) is 0 Å². The molecule has 1 heterocycles. The van der Waals surface area contributed by atoms with Gasteiger partial charge in [0.25, 0.3) is 11.5 Å². The van der Waals surface area contributed by atoms with Gasteiger partial charge in [0.05, 0.1) is 20.3 Å². The Labute approximate surface area is 134 Å². The molecular formula is C17H20N2O4. The minimum Gasteiger partial charge on any atom is -0.493 e. The predicted octanol–water partition coefficient (Wildman–Crippen LogP) is 2.19. The van der Waals surface area contributed by atoms with Crippen LogP contribution >= 0.6 is 0 Å². The number of carbonyl (C=O) groups is 1. The number of nitrogens with one attached hydrogen (secondary N) is 2. The molecule has 0 fully saturated rings. The number of methoxy groups -OCH3 is 2. The zero-order valence-corrected chi connectivity index (χ0v) is 13.6. The Morgan fingerprint density at radius 1 is 1.13 bits per heavy atom. The molecule has 2 rings (SSSR count). The Bertz CT molecular complexity index is 767. The van der Waals surface area contributed by atoms with Gasteiger partial charge in [0.15, 0.2) is 11.5 Å². The molecule has 0 spiro atoms. The number of aromatic nitrogens is 1. The molecule has 0 aliphatic heterocycles. The van der Waals surface area contributed by atoms with Crippen LogP contribution in [-0.4, -0.2) is 25.1 Å². The average molecular weight is 316 g/mol. The normalized spacial score (nSPS) is 11.7. The van der Waals surface area contributed by atoms with Crippen molar-refractivity contribution in [1.29, 1.82) is 0 Å². The van der Waals surface area contributed by atoms with Gasteiger partial charge < -0.3 is 19.8 Å². The number of pyridine rings is 1. The maximum Gasteiger partial charge on any atom is 0.260 e. The third-order valence-corrected chi connectivity index (χ3v) is 3.56. The Hall–Kier alpha value is -2.76. The summed E-state index contributed by atoms with van der Waals surface area (Å²) < 4.78 is 10.4. The molecule has 2 aromatic rings. The van der Waals surface area contributed by atoms with Gasteiger partial charge in [-0.25, -0.2) is 0 Å². The second-order valence-corrected chi connectivity index (χ2v) is 5.19. The molecule has 122 valence electrons. The van der Waals surface area contributed by atoms with Crippen molar-refractivity contribution in [2.75, 3.05) is 14.2 Å². The maximum atomic E-state index is 12.3. The lowest BCUT2D eigenvalue weighted by Crippen LogP contribution is -2.31. The zero-order valence-electron chi connectivity index (χ0n) is 13.6. The van der Waals surface area contributed by atoms with Gasteiger partial charge in [0, 0.05) is 5.69 Å². The molecule has 23 heavy (non-hydrogen) atoms. The molecule has 1 atom stereocenters. The Balaban J connectivity index is 2.19. The highest BCUT2D eigenvalue weighted by Crippen LogP contribution is 2.29. The van der Waals surface area contributed by atoms with E-state index in [-0.39, 0.29) is 11.6 Å². The van der Waals surface area contributed by atoms with E-state index < -0.39 is 11.5 Å². The van der Waals surface area contributed by atoms with Crippen molar-refractivity contribution in [3.8, 4) is 11.5 Å². The van der Waals surface area contributed by atoms with Crippen LogP contribution in [0.2, 0.25) is 0 Å². The van der Waals surface area contributed by atoms with Crippen molar-refractivity contribution in [2.24, 2.45) is 0 Å². The molecule has 0 aliphatic rings. The summed E-state index contributed by atoms with van der Waals surface area (Å²) >= 11 is 0. The summed E-state index contributed by atoms with van der Waals surface area (Å²) in [5.41, 5.74) is 1.24. The number of ether oxygens (including phenoxy) is 2. The SMILES string of the molecule is COc1ccc(C(C)NC(=O)c2ccc(C)[nH]c2=O)cc1OC. The van der Waals surface area contributed by atoms with E-state index in [2.05, 4.69) is 10.3 Å². The molecule has 1 aromatic carbocycles. The molecule has 0 aliphatic carbocycles. The fraction of sp³-hybridized carbons (Fsp3) is 0.294. The molecule has 6 nitrogen and oxygen atoms in total. The molecule has 1 unspecified atom stereocenters. The van der Waals surface area contributed by atoms with E-state index in [1.54, 1.807) is 39.3 Å². The van der Waals surface area contributed by atoms with Crippen molar-refractivity contribution < 1.29 is 14.3 Å². The second-order valence-electron chi connectivity index (χ2n) is 5.19. The third kappa shape index (κ3) is 3.71. The molecule has 1 aromatic heterocycles. The van der Waals surface area contributed by atoms with Crippen LogP contribution in [0.4, 0.5) is 0 Å². The van der Waals surface area contributed by atoms with Crippen LogP contribution in [0.3, 0.4) is 0 Å². The number of amides is 1. The van der Waals surface area contributed by atoms with Crippen LogP contribution in [0.1, 0.15) is 34.6 Å². The first-order valence-electron chi connectivity index (χ1n) is 7.19. The molecule has 0 saturated carbocycles. The van der Waals surface area contributed by atoms with Crippen LogP contribution < -0.4 is 20.3 Å². The second kappa shape index (κ2) is 7.00.